The summed E-state index contributed by atoms with van der Waals surface area (Å²) in [5.74, 6) is -0.322. The lowest BCUT2D eigenvalue weighted by Gasteiger charge is -2.34. The summed E-state index contributed by atoms with van der Waals surface area (Å²) in [6, 6.07) is 7.77. The molecular weight excluding hydrogens is 306 g/mol. The molecule has 1 atom stereocenters. The molecule has 1 aliphatic rings. The molecule has 0 fully saturated rings. The van der Waals surface area contributed by atoms with Crippen LogP contribution in [0, 0.1) is 5.92 Å². The number of esters is 1. The number of hydrogen-bond acceptors (Lipinski definition) is 4. The predicted octanol–water partition coefficient (Wildman–Crippen LogP) is 3.72. The molecule has 0 bridgehead atoms. The van der Waals surface area contributed by atoms with E-state index in [4.69, 9.17) is 9.47 Å². The molecule has 5 heteroatoms. The number of rotatable bonds is 3. The molecule has 0 aromatic heterocycles. The van der Waals surface area contributed by atoms with Crippen LogP contribution < -0.4 is 4.90 Å². The summed E-state index contributed by atoms with van der Waals surface area (Å²) >= 11 is 0. The second-order valence-electron chi connectivity index (χ2n) is 6.80. The van der Waals surface area contributed by atoms with Crippen molar-refractivity contribution < 1.29 is 19.1 Å². The standard InChI is InChI=1S/C19H25NO4/c1-5-23-17(21)11-10-14-12-15-8-6-7-9-16(15)20(13-14)18(22)24-19(2,3)4/h6-11,14H,5,12-13H2,1-4H3. The second kappa shape index (κ2) is 7.51. The van der Waals surface area contributed by atoms with Crippen molar-refractivity contribution in [1.29, 1.82) is 0 Å². The van der Waals surface area contributed by atoms with Gasteiger partial charge >= 0.3 is 12.1 Å². The third-order valence-electron chi connectivity index (χ3n) is 3.59. The minimum absolute atomic E-state index is 0.0387. The van der Waals surface area contributed by atoms with Gasteiger partial charge in [-0.3, -0.25) is 4.90 Å². The lowest BCUT2D eigenvalue weighted by molar-refractivity contribution is -0.137. The molecule has 130 valence electrons. The molecular formula is C19H25NO4. The van der Waals surface area contributed by atoms with Gasteiger partial charge in [-0.15, -0.1) is 0 Å². The lowest BCUT2D eigenvalue weighted by atomic mass is 9.92. The third kappa shape index (κ3) is 4.85. The Morgan fingerprint density at radius 3 is 2.67 bits per heavy atom. The van der Waals surface area contributed by atoms with Gasteiger partial charge in [-0.2, -0.15) is 0 Å². The minimum Gasteiger partial charge on any atom is -0.463 e. The van der Waals surface area contributed by atoms with Crippen molar-refractivity contribution in [2.24, 2.45) is 5.92 Å². The number of carbonyl (C=O) groups excluding carboxylic acids is 2. The van der Waals surface area contributed by atoms with Crippen molar-refractivity contribution in [3.63, 3.8) is 0 Å². The molecule has 0 aliphatic carbocycles. The molecule has 1 aromatic rings. The van der Waals surface area contributed by atoms with E-state index < -0.39 is 5.60 Å². The van der Waals surface area contributed by atoms with Crippen LogP contribution in [-0.4, -0.2) is 30.8 Å². The zero-order chi connectivity index (χ0) is 17.7. The van der Waals surface area contributed by atoms with Gasteiger partial charge in [0.2, 0.25) is 0 Å². The lowest BCUT2D eigenvalue weighted by Crippen LogP contribution is -2.42. The topological polar surface area (TPSA) is 55.8 Å². The summed E-state index contributed by atoms with van der Waals surface area (Å²) < 4.78 is 10.4. The first-order chi connectivity index (χ1) is 11.3. The van der Waals surface area contributed by atoms with Gasteiger partial charge in [-0.25, -0.2) is 9.59 Å². The zero-order valence-corrected chi connectivity index (χ0v) is 14.7. The zero-order valence-electron chi connectivity index (χ0n) is 14.7. The normalized spacial score (nSPS) is 17.5. The van der Waals surface area contributed by atoms with Crippen LogP contribution in [0.1, 0.15) is 33.3 Å². The molecule has 2 rings (SSSR count). The van der Waals surface area contributed by atoms with Gasteiger partial charge in [0, 0.05) is 12.6 Å². The average Bonchev–Trinajstić information content (AvgIpc) is 2.50. The van der Waals surface area contributed by atoms with E-state index in [0.717, 1.165) is 17.7 Å². The number of amides is 1. The van der Waals surface area contributed by atoms with E-state index in [0.29, 0.717) is 13.2 Å². The number of fused-ring (bicyclic) bond motifs is 1. The quantitative estimate of drug-likeness (QED) is 0.626. The van der Waals surface area contributed by atoms with Crippen LogP contribution in [0.4, 0.5) is 10.5 Å². The van der Waals surface area contributed by atoms with Crippen LogP contribution in [0.2, 0.25) is 0 Å². The maximum atomic E-state index is 12.6. The van der Waals surface area contributed by atoms with E-state index in [2.05, 4.69) is 0 Å². The highest BCUT2D eigenvalue weighted by molar-refractivity contribution is 5.89. The molecule has 1 amide bonds. The molecule has 5 nitrogen and oxygen atoms in total. The van der Waals surface area contributed by atoms with Crippen molar-refractivity contribution in [1.82, 2.24) is 0 Å². The highest BCUT2D eigenvalue weighted by Crippen LogP contribution is 2.31. The fourth-order valence-electron chi connectivity index (χ4n) is 2.65. The summed E-state index contributed by atoms with van der Waals surface area (Å²) in [5.41, 5.74) is 1.38. The van der Waals surface area contributed by atoms with Crippen molar-refractivity contribution in [2.45, 2.75) is 39.7 Å². The summed E-state index contributed by atoms with van der Waals surface area (Å²) in [4.78, 5) is 25.7. The Bertz CT molecular complexity index is 630. The summed E-state index contributed by atoms with van der Waals surface area (Å²) in [6.45, 7) is 8.13. The van der Waals surface area contributed by atoms with Crippen molar-refractivity contribution in [3.8, 4) is 0 Å². The molecule has 0 N–H and O–H groups in total. The SMILES string of the molecule is CCOC(=O)C=CC1Cc2ccccc2N(C(=O)OC(C)(C)C)C1. The third-order valence-corrected chi connectivity index (χ3v) is 3.59. The van der Waals surface area contributed by atoms with Crippen molar-refractivity contribution in [3.05, 3.63) is 42.0 Å². The van der Waals surface area contributed by atoms with Gasteiger partial charge in [-0.1, -0.05) is 24.3 Å². The van der Waals surface area contributed by atoms with Crippen LogP contribution in [0.3, 0.4) is 0 Å². The Morgan fingerprint density at radius 1 is 1.29 bits per heavy atom. The maximum Gasteiger partial charge on any atom is 0.414 e. The number of hydrogen-bond donors (Lipinski definition) is 0. The molecule has 1 aliphatic heterocycles. The Balaban J connectivity index is 2.20. The number of ether oxygens (including phenoxy) is 2. The van der Waals surface area contributed by atoms with Gasteiger partial charge in [0.25, 0.3) is 0 Å². The largest absolute Gasteiger partial charge is 0.463 e. The van der Waals surface area contributed by atoms with Crippen molar-refractivity contribution in [2.75, 3.05) is 18.1 Å². The summed E-state index contributed by atoms with van der Waals surface area (Å²) in [5, 5.41) is 0. The predicted molar refractivity (Wildman–Crippen MR) is 93.0 cm³/mol. The average molecular weight is 331 g/mol. The van der Waals surface area contributed by atoms with Gasteiger partial charge in [0.15, 0.2) is 0 Å². The molecule has 0 spiro atoms. The fourth-order valence-corrected chi connectivity index (χ4v) is 2.65. The summed E-state index contributed by atoms with van der Waals surface area (Å²) in [7, 11) is 0. The molecule has 0 radical (unpaired) electrons. The first-order valence-electron chi connectivity index (χ1n) is 8.23. The Labute approximate surface area is 143 Å². The van der Waals surface area contributed by atoms with Gasteiger partial charge in [0.05, 0.1) is 12.3 Å². The number of carbonyl (C=O) groups is 2. The summed E-state index contributed by atoms with van der Waals surface area (Å²) in [6.07, 6.45) is 3.65. The number of benzene rings is 1. The number of nitrogens with zero attached hydrogens (tertiary/aromatic N) is 1. The van der Waals surface area contributed by atoms with Crippen LogP contribution in [0.25, 0.3) is 0 Å². The van der Waals surface area contributed by atoms with E-state index in [-0.39, 0.29) is 18.0 Å². The fraction of sp³-hybridized carbons (Fsp3) is 0.474. The second-order valence-corrected chi connectivity index (χ2v) is 6.80. The van der Waals surface area contributed by atoms with Crippen LogP contribution in [0.15, 0.2) is 36.4 Å². The van der Waals surface area contributed by atoms with E-state index in [1.807, 2.05) is 51.1 Å². The molecule has 24 heavy (non-hydrogen) atoms. The first kappa shape index (κ1) is 18.0. The molecule has 1 unspecified atom stereocenters. The Hall–Kier alpha value is -2.30. The molecule has 1 heterocycles. The van der Waals surface area contributed by atoms with Crippen molar-refractivity contribution >= 4 is 17.7 Å². The van der Waals surface area contributed by atoms with Gasteiger partial charge < -0.3 is 9.47 Å². The number of anilines is 1. The highest BCUT2D eigenvalue weighted by atomic mass is 16.6. The molecule has 1 aromatic carbocycles. The minimum atomic E-state index is -0.556. The van der Waals surface area contributed by atoms with Gasteiger partial charge in [-0.05, 0) is 51.7 Å². The van der Waals surface area contributed by atoms with Crippen LogP contribution >= 0.6 is 0 Å². The Kier molecular flexibility index (Phi) is 5.65. The van der Waals surface area contributed by atoms with E-state index >= 15 is 0 Å². The highest BCUT2D eigenvalue weighted by Gasteiger charge is 2.30. The Morgan fingerprint density at radius 2 is 2.00 bits per heavy atom. The molecule has 0 saturated carbocycles. The smallest absolute Gasteiger partial charge is 0.414 e. The first-order valence-corrected chi connectivity index (χ1v) is 8.23. The van der Waals surface area contributed by atoms with Crippen LogP contribution in [0.5, 0.6) is 0 Å². The molecule has 0 saturated heterocycles. The van der Waals surface area contributed by atoms with E-state index in [1.54, 1.807) is 11.8 Å². The maximum absolute atomic E-state index is 12.6. The monoisotopic (exact) mass is 331 g/mol. The van der Waals surface area contributed by atoms with Crippen LogP contribution in [-0.2, 0) is 20.7 Å². The van der Waals surface area contributed by atoms with Gasteiger partial charge in [0.1, 0.15) is 5.60 Å². The number of para-hydroxylation sites is 1. The van der Waals surface area contributed by atoms with E-state index in [1.165, 1.54) is 6.08 Å². The van der Waals surface area contributed by atoms with E-state index in [9.17, 15) is 9.59 Å².